The fourth-order valence-corrected chi connectivity index (χ4v) is 4.43. The van der Waals surface area contributed by atoms with Crippen LogP contribution in [0.4, 0.5) is 10.1 Å². The highest BCUT2D eigenvalue weighted by molar-refractivity contribution is 5.97. The van der Waals surface area contributed by atoms with E-state index in [1.165, 1.54) is 15.9 Å². The molecule has 1 aromatic heterocycles. The number of rotatable bonds is 9. The number of benzene rings is 1. The number of pyridine rings is 1. The summed E-state index contributed by atoms with van der Waals surface area (Å²) in [6.07, 6.45) is 2.47. The van der Waals surface area contributed by atoms with Crippen molar-refractivity contribution in [2.75, 3.05) is 64.3 Å². The second kappa shape index (κ2) is 10.9. The molecule has 1 aromatic carbocycles. The van der Waals surface area contributed by atoms with Crippen LogP contribution in [-0.2, 0) is 6.54 Å². The van der Waals surface area contributed by atoms with E-state index < -0.39 is 11.2 Å². The second-order valence-electron chi connectivity index (χ2n) is 8.74. The molecule has 8 heteroatoms. The Morgan fingerprint density at radius 2 is 1.88 bits per heavy atom. The molecular weight excluding hydrogens is 409 g/mol. The molecule has 7 nitrogen and oxygen atoms in total. The van der Waals surface area contributed by atoms with Crippen LogP contribution in [0.15, 0.2) is 23.1 Å². The van der Waals surface area contributed by atoms with Gasteiger partial charge < -0.3 is 24.6 Å². The minimum atomic E-state index is -0.412. The second-order valence-corrected chi connectivity index (χ2v) is 8.74. The van der Waals surface area contributed by atoms with E-state index in [9.17, 15) is 9.59 Å². The molecule has 1 aliphatic heterocycles. The number of quaternary nitrogens is 2. The van der Waals surface area contributed by atoms with Gasteiger partial charge in [-0.05, 0) is 32.9 Å². The highest BCUT2D eigenvalue weighted by atomic mass is 19.1. The lowest BCUT2D eigenvalue weighted by molar-refractivity contribution is -0.896. The number of hydrogen-bond acceptors (Lipinski definition) is 3. The van der Waals surface area contributed by atoms with Crippen molar-refractivity contribution >= 4 is 22.5 Å². The van der Waals surface area contributed by atoms with Crippen LogP contribution in [0.2, 0.25) is 0 Å². The molecule has 3 N–H and O–H groups in total. The average molecular weight is 448 g/mol. The van der Waals surface area contributed by atoms with Gasteiger partial charge in [-0.3, -0.25) is 9.59 Å². The normalized spacial score (nSPS) is 15.0. The standard InChI is InChI=1S/C24H36FN5O2/c1-5-28(6-2)10-8-9-26-24(32)19-17-29(7-3)21-16-22(20(25)15-18(21)23(19)31)30-13-11-27(4)12-14-30/h15-17H,5-14H2,1-4H3,(H,26,32)/p+2. The van der Waals surface area contributed by atoms with Crippen LogP contribution in [0.3, 0.4) is 0 Å². The van der Waals surface area contributed by atoms with Gasteiger partial charge in [-0.2, -0.15) is 0 Å². The van der Waals surface area contributed by atoms with Gasteiger partial charge in [0.05, 0.1) is 64.1 Å². The minimum Gasteiger partial charge on any atom is -0.358 e. The van der Waals surface area contributed by atoms with Crippen molar-refractivity contribution in [1.29, 1.82) is 0 Å². The Balaban J connectivity index is 1.85. The van der Waals surface area contributed by atoms with E-state index in [2.05, 4.69) is 26.2 Å². The topological polar surface area (TPSA) is 63.2 Å². The van der Waals surface area contributed by atoms with Crippen LogP contribution in [0, 0.1) is 5.82 Å². The maximum atomic E-state index is 15.0. The molecule has 1 amide bonds. The number of nitrogens with one attached hydrogen (secondary N) is 3. The molecule has 1 fully saturated rings. The largest absolute Gasteiger partial charge is 0.358 e. The number of carbonyl (C=O) groups excluding carboxylic acids is 1. The first kappa shape index (κ1) is 24.2. The van der Waals surface area contributed by atoms with Crippen LogP contribution < -0.4 is 25.4 Å². The number of aromatic nitrogens is 1. The summed E-state index contributed by atoms with van der Waals surface area (Å²) in [6, 6.07) is 3.08. The van der Waals surface area contributed by atoms with E-state index in [0.717, 1.165) is 52.2 Å². The summed E-state index contributed by atoms with van der Waals surface area (Å²) in [6.45, 7) is 13.9. The van der Waals surface area contributed by atoms with Crippen molar-refractivity contribution < 1.29 is 19.0 Å². The van der Waals surface area contributed by atoms with Crippen LogP contribution in [0.25, 0.3) is 10.9 Å². The van der Waals surface area contributed by atoms with Crippen LogP contribution in [0.5, 0.6) is 0 Å². The first-order valence-electron chi connectivity index (χ1n) is 11.9. The number of amides is 1. The highest BCUT2D eigenvalue weighted by Crippen LogP contribution is 2.25. The quantitative estimate of drug-likeness (QED) is 0.456. The van der Waals surface area contributed by atoms with Crippen molar-refractivity contribution in [2.45, 2.75) is 33.7 Å². The number of hydrogen-bond donors (Lipinski definition) is 3. The lowest BCUT2D eigenvalue weighted by Crippen LogP contribution is -3.12. The van der Waals surface area contributed by atoms with Gasteiger partial charge in [-0.1, -0.05) is 0 Å². The molecule has 0 saturated carbocycles. The van der Waals surface area contributed by atoms with Gasteiger partial charge in [0.15, 0.2) is 0 Å². The molecule has 176 valence electrons. The van der Waals surface area contributed by atoms with Gasteiger partial charge in [-0.25, -0.2) is 4.39 Å². The molecule has 2 aromatic rings. The van der Waals surface area contributed by atoms with Crippen molar-refractivity contribution in [3.8, 4) is 0 Å². The van der Waals surface area contributed by atoms with Crippen LogP contribution >= 0.6 is 0 Å². The number of likely N-dealkylation sites (N-methyl/N-ethyl adjacent to an activating group) is 1. The van der Waals surface area contributed by atoms with Gasteiger partial charge >= 0.3 is 0 Å². The number of halogens is 1. The summed E-state index contributed by atoms with van der Waals surface area (Å²) in [7, 11) is 2.14. The Labute approximate surface area is 189 Å². The molecule has 1 aliphatic rings. The first-order chi connectivity index (χ1) is 15.4. The fourth-order valence-electron chi connectivity index (χ4n) is 4.43. The number of fused-ring (bicyclic) bond motifs is 1. The summed E-state index contributed by atoms with van der Waals surface area (Å²) in [5.41, 5.74) is 0.860. The van der Waals surface area contributed by atoms with E-state index in [4.69, 9.17) is 0 Å². The molecule has 3 rings (SSSR count). The highest BCUT2D eigenvalue weighted by Gasteiger charge is 2.22. The Hall–Kier alpha value is -2.45. The van der Waals surface area contributed by atoms with E-state index in [-0.39, 0.29) is 16.9 Å². The smallest absolute Gasteiger partial charge is 0.256 e. The molecule has 0 unspecified atom stereocenters. The third kappa shape index (κ3) is 5.30. The molecule has 0 spiro atoms. The van der Waals surface area contributed by atoms with Crippen molar-refractivity contribution in [2.24, 2.45) is 0 Å². The molecular formula is C24H38FN5O2+2. The van der Waals surface area contributed by atoms with Gasteiger partial charge in [-0.15, -0.1) is 0 Å². The molecule has 0 aliphatic carbocycles. The van der Waals surface area contributed by atoms with Gasteiger partial charge in [0, 0.05) is 31.1 Å². The zero-order valence-corrected chi connectivity index (χ0v) is 19.9. The SMILES string of the molecule is CCn1cc(C(=O)NCCC[NH+](CC)CC)c(=O)c2cc(F)c(N3CC[NH+](C)CC3)cc21. The Morgan fingerprint density at radius 3 is 2.50 bits per heavy atom. The first-order valence-corrected chi connectivity index (χ1v) is 11.9. The number of piperazine rings is 1. The lowest BCUT2D eigenvalue weighted by Gasteiger charge is -2.32. The third-order valence-corrected chi connectivity index (χ3v) is 6.68. The Morgan fingerprint density at radius 1 is 1.19 bits per heavy atom. The van der Waals surface area contributed by atoms with Crippen LogP contribution in [-0.4, -0.2) is 69.9 Å². The fraction of sp³-hybridized carbons (Fsp3) is 0.583. The van der Waals surface area contributed by atoms with Crippen LogP contribution in [0.1, 0.15) is 37.6 Å². The predicted molar refractivity (Wildman–Crippen MR) is 127 cm³/mol. The molecule has 1 saturated heterocycles. The lowest BCUT2D eigenvalue weighted by atomic mass is 10.1. The zero-order valence-electron chi connectivity index (χ0n) is 19.9. The minimum absolute atomic E-state index is 0.0740. The Kier molecular flexibility index (Phi) is 8.26. The van der Waals surface area contributed by atoms with Crippen molar-refractivity contribution in [3.63, 3.8) is 0 Å². The van der Waals surface area contributed by atoms with Crippen molar-refractivity contribution in [3.05, 3.63) is 39.9 Å². The third-order valence-electron chi connectivity index (χ3n) is 6.68. The molecule has 2 heterocycles. The number of aryl methyl sites for hydroxylation is 1. The molecule has 0 atom stereocenters. The maximum absolute atomic E-state index is 15.0. The average Bonchev–Trinajstić information content (AvgIpc) is 2.80. The summed E-state index contributed by atoms with van der Waals surface area (Å²) < 4.78 is 16.9. The van der Waals surface area contributed by atoms with E-state index in [0.29, 0.717) is 24.3 Å². The van der Waals surface area contributed by atoms with E-state index in [1.54, 1.807) is 12.3 Å². The maximum Gasteiger partial charge on any atom is 0.256 e. The predicted octanol–water partition coefficient (Wildman–Crippen LogP) is -0.460. The molecule has 0 bridgehead atoms. The number of carbonyl (C=O) groups is 1. The van der Waals surface area contributed by atoms with E-state index >= 15 is 4.39 Å². The summed E-state index contributed by atoms with van der Waals surface area (Å²) >= 11 is 0. The number of anilines is 1. The van der Waals surface area contributed by atoms with E-state index in [1.807, 2.05) is 16.4 Å². The zero-order chi connectivity index (χ0) is 23.3. The molecule has 0 radical (unpaired) electrons. The van der Waals surface area contributed by atoms with Gasteiger partial charge in [0.1, 0.15) is 11.4 Å². The summed E-state index contributed by atoms with van der Waals surface area (Å²) in [4.78, 5) is 30.8. The monoisotopic (exact) mass is 447 g/mol. The van der Waals surface area contributed by atoms with Gasteiger partial charge in [0.25, 0.3) is 5.91 Å². The number of nitrogens with zero attached hydrogens (tertiary/aromatic N) is 2. The molecule has 32 heavy (non-hydrogen) atoms. The summed E-state index contributed by atoms with van der Waals surface area (Å²) in [5.74, 6) is -0.795. The summed E-state index contributed by atoms with van der Waals surface area (Å²) in [5, 5.41) is 3.13. The Bertz CT molecular complexity index is 994. The van der Waals surface area contributed by atoms with Gasteiger partial charge in [0.2, 0.25) is 5.43 Å². The van der Waals surface area contributed by atoms with Crippen molar-refractivity contribution in [1.82, 2.24) is 9.88 Å².